The third-order valence-electron chi connectivity index (χ3n) is 5.80. The summed E-state index contributed by atoms with van der Waals surface area (Å²) in [7, 11) is 0. The highest BCUT2D eigenvalue weighted by Gasteiger charge is 2.24. The second-order valence-corrected chi connectivity index (χ2v) is 9.63. The van der Waals surface area contributed by atoms with Gasteiger partial charge in [0.15, 0.2) is 11.0 Å². The smallest absolute Gasteiger partial charge is 0.276 e. The molecule has 1 saturated carbocycles. The number of allylic oxidation sites excluding steroid dienone is 1. The van der Waals surface area contributed by atoms with Gasteiger partial charge in [-0.3, -0.25) is 19.5 Å². The molecule has 1 N–H and O–H groups in total. The number of hydrazone groups is 1. The second-order valence-electron chi connectivity index (χ2n) is 8.25. The standard InChI is InChI=1S/C25H25ClN6O3S/c26-20-14-12-19(13-15-20)24-29-30-25(31(24)21-9-2-1-3-10-21)36-17-23(33)28-27-16-6-8-18-7-4-5-11-22(18)32(34)35/h4-8,11-16,21H,1-3,9-10,17H2,(H,28,33)/b8-6+,27-16+. The number of hydrogen-bond donors (Lipinski definition) is 1. The van der Waals surface area contributed by atoms with Crippen LogP contribution >= 0.6 is 23.4 Å². The predicted molar refractivity (Wildman–Crippen MR) is 142 cm³/mol. The van der Waals surface area contributed by atoms with Crippen molar-refractivity contribution in [2.45, 2.75) is 43.3 Å². The summed E-state index contributed by atoms with van der Waals surface area (Å²) in [6, 6.07) is 14.2. The van der Waals surface area contributed by atoms with Crippen LogP contribution in [0.4, 0.5) is 5.69 Å². The number of para-hydroxylation sites is 1. The number of nitrogens with zero attached hydrogens (tertiary/aromatic N) is 5. The number of carbonyl (C=O) groups is 1. The zero-order valence-corrected chi connectivity index (χ0v) is 21.0. The van der Waals surface area contributed by atoms with E-state index in [1.54, 1.807) is 24.3 Å². The SMILES string of the molecule is O=C(CSc1nnc(-c2ccc(Cl)cc2)n1C1CCCCC1)N/N=C/C=C/c1ccccc1[N+](=O)[O-]. The van der Waals surface area contributed by atoms with Crippen molar-refractivity contribution in [2.24, 2.45) is 5.10 Å². The molecule has 1 heterocycles. The first kappa shape index (κ1) is 25.6. The van der Waals surface area contributed by atoms with Crippen LogP contribution in [-0.4, -0.2) is 37.6 Å². The summed E-state index contributed by atoms with van der Waals surface area (Å²) in [5, 5.41) is 25.1. The number of amides is 1. The van der Waals surface area contributed by atoms with Crippen molar-refractivity contribution in [2.75, 3.05) is 5.75 Å². The highest BCUT2D eigenvalue weighted by molar-refractivity contribution is 7.99. The molecule has 186 valence electrons. The van der Waals surface area contributed by atoms with Crippen LogP contribution in [0.15, 0.2) is 64.9 Å². The van der Waals surface area contributed by atoms with Crippen LogP contribution in [0.3, 0.4) is 0 Å². The summed E-state index contributed by atoms with van der Waals surface area (Å²) in [6.07, 6.45) is 10.1. The molecule has 1 aliphatic rings. The number of nitro benzene ring substituents is 1. The number of benzene rings is 2. The van der Waals surface area contributed by atoms with Crippen molar-refractivity contribution >= 4 is 47.2 Å². The number of rotatable bonds is 9. The molecule has 2 aromatic carbocycles. The first-order chi connectivity index (χ1) is 17.5. The van der Waals surface area contributed by atoms with E-state index in [0.29, 0.717) is 15.7 Å². The van der Waals surface area contributed by atoms with Gasteiger partial charge >= 0.3 is 0 Å². The van der Waals surface area contributed by atoms with Gasteiger partial charge in [-0.05, 0) is 55.3 Å². The van der Waals surface area contributed by atoms with Crippen molar-refractivity contribution in [3.05, 3.63) is 75.3 Å². The molecule has 0 aliphatic heterocycles. The van der Waals surface area contributed by atoms with E-state index in [1.165, 1.54) is 36.5 Å². The summed E-state index contributed by atoms with van der Waals surface area (Å²) in [6.45, 7) is 0. The predicted octanol–water partition coefficient (Wildman–Crippen LogP) is 5.92. The fraction of sp³-hybridized carbons (Fsp3) is 0.280. The number of carbonyl (C=O) groups excluding carboxylic acids is 1. The van der Waals surface area contributed by atoms with E-state index in [0.717, 1.165) is 37.1 Å². The maximum Gasteiger partial charge on any atom is 0.276 e. The van der Waals surface area contributed by atoms with Crippen LogP contribution < -0.4 is 5.43 Å². The van der Waals surface area contributed by atoms with Crippen LogP contribution in [0.5, 0.6) is 0 Å². The van der Waals surface area contributed by atoms with E-state index in [2.05, 4.69) is 25.3 Å². The van der Waals surface area contributed by atoms with Crippen LogP contribution in [-0.2, 0) is 4.79 Å². The molecule has 9 nitrogen and oxygen atoms in total. The molecule has 1 aliphatic carbocycles. The number of halogens is 1. The number of nitrogens with one attached hydrogen (secondary N) is 1. The molecule has 1 amide bonds. The van der Waals surface area contributed by atoms with Gasteiger partial charge < -0.3 is 0 Å². The minimum Gasteiger partial charge on any atom is -0.299 e. The van der Waals surface area contributed by atoms with Crippen LogP contribution in [0, 0.1) is 10.1 Å². The number of hydrogen-bond acceptors (Lipinski definition) is 7. The van der Waals surface area contributed by atoms with Gasteiger partial charge in [-0.1, -0.05) is 54.8 Å². The first-order valence-corrected chi connectivity index (χ1v) is 12.9. The lowest BCUT2D eigenvalue weighted by molar-refractivity contribution is -0.385. The molecule has 11 heteroatoms. The topological polar surface area (TPSA) is 115 Å². The normalized spacial score (nSPS) is 14.5. The average Bonchev–Trinajstić information content (AvgIpc) is 3.32. The molecule has 0 radical (unpaired) electrons. The van der Waals surface area contributed by atoms with Crippen molar-refractivity contribution in [1.82, 2.24) is 20.2 Å². The Kier molecular flexibility index (Phi) is 8.85. The Bertz CT molecular complexity index is 1270. The Morgan fingerprint density at radius 3 is 2.67 bits per heavy atom. The average molecular weight is 525 g/mol. The molecule has 0 saturated heterocycles. The first-order valence-electron chi connectivity index (χ1n) is 11.6. The van der Waals surface area contributed by atoms with Crippen molar-refractivity contribution < 1.29 is 9.72 Å². The highest BCUT2D eigenvalue weighted by atomic mass is 35.5. The van der Waals surface area contributed by atoms with Crippen molar-refractivity contribution in [1.29, 1.82) is 0 Å². The lowest BCUT2D eigenvalue weighted by Gasteiger charge is -2.25. The maximum absolute atomic E-state index is 12.4. The van der Waals surface area contributed by atoms with Gasteiger partial charge in [0.2, 0.25) is 0 Å². The van der Waals surface area contributed by atoms with E-state index in [1.807, 2.05) is 24.3 Å². The van der Waals surface area contributed by atoms with Crippen molar-refractivity contribution in [3.63, 3.8) is 0 Å². The maximum atomic E-state index is 12.4. The van der Waals surface area contributed by atoms with E-state index < -0.39 is 4.92 Å². The molecule has 4 rings (SSSR count). The summed E-state index contributed by atoms with van der Waals surface area (Å²) >= 11 is 7.37. The van der Waals surface area contributed by atoms with Gasteiger partial charge in [0.05, 0.1) is 16.2 Å². The molecular weight excluding hydrogens is 500 g/mol. The summed E-state index contributed by atoms with van der Waals surface area (Å²) < 4.78 is 2.15. The lowest BCUT2D eigenvalue weighted by Crippen LogP contribution is -2.20. The molecule has 0 spiro atoms. The highest BCUT2D eigenvalue weighted by Crippen LogP contribution is 2.35. The quantitative estimate of drug-likeness (QED) is 0.161. The van der Waals surface area contributed by atoms with Gasteiger partial charge in [-0.25, -0.2) is 5.43 Å². The number of nitro groups is 1. The molecule has 1 fully saturated rings. The Balaban J connectivity index is 1.39. The molecule has 1 aromatic heterocycles. The molecule has 3 aromatic rings. The van der Waals surface area contributed by atoms with E-state index in [9.17, 15) is 14.9 Å². The molecule has 0 unspecified atom stereocenters. The minimum absolute atomic E-state index is 0.00244. The fourth-order valence-corrected chi connectivity index (χ4v) is 5.02. The zero-order valence-electron chi connectivity index (χ0n) is 19.4. The van der Waals surface area contributed by atoms with Crippen molar-refractivity contribution in [3.8, 4) is 11.4 Å². The summed E-state index contributed by atoms with van der Waals surface area (Å²) in [5.41, 5.74) is 3.86. The van der Waals surface area contributed by atoms with Gasteiger partial charge in [0.1, 0.15) is 0 Å². The lowest BCUT2D eigenvalue weighted by atomic mass is 9.95. The Morgan fingerprint density at radius 2 is 1.92 bits per heavy atom. The molecular formula is C25H25ClN6O3S. The van der Waals surface area contributed by atoms with Crippen LogP contribution in [0.1, 0.15) is 43.7 Å². The van der Waals surface area contributed by atoms with Gasteiger partial charge in [0, 0.05) is 28.9 Å². The summed E-state index contributed by atoms with van der Waals surface area (Å²) in [5.74, 6) is 0.609. The fourth-order valence-electron chi connectivity index (χ4n) is 4.10. The molecule has 0 bridgehead atoms. The Labute approximate surface area is 217 Å². The van der Waals surface area contributed by atoms with E-state index in [-0.39, 0.29) is 23.4 Å². The third kappa shape index (κ3) is 6.58. The zero-order chi connectivity index (χ0) is 25.3. The number of thioether (sulfide) groups is 1. The molecule has 0 atom stereocenters. The van der Waals surface area contributed by atoms with Gasteiger partial charge in [-0.15, -0.1) is 10.2 Å². The van der Waals surface area contributed by atoms with Gasteiger partial charge in [-0.2, -0.15) is 5.10 Å². The van der Waals surface area contributed by atoms with Gasteiger partial charge in [0.25, 0.3) is 11.6 Å². The second kappa shape index (κ2) is 12.5. The molecule has 36 heavy (non-hydrogen) atoms. The minimum atomic E-state index is -0.444. The third-order valence-corrected chi connectivity index (χ3v) is 6.99. The van der Waals surface area contributed by atoms with Crippen LogP contribution in [0.25, 0.3) is 17.5 Å². The summed E-state index contributed by atoms with van der Waals surface area (Å²) in [4.78, 5) is 23.0. The Hall–Kier alpha value is -3.50. The largest absolute Gasteiger partial charge is 0.299 e. The van der Waals surface area contributed by atoms with E-state index in [4.69, 9.17) is 11.6 Å². The Morgan fingerprint density at radius 1 is 1.17 bits per heavy atom. The monoisotopic (exact) mass is 524 g/mol. The van der Waals surface area contributed by atoms with E-state index >= 15 is 0 Å². The van der Waals surface area contributed by atoms with Crippen LogP contribution in [0.2, 0.25) is 5.02 Å². The number of aromatic nitrogens is 3.